The van der Waals surface area contributed by atoms with Crippen LogP contribution in [0.4, 0.5) is 5.82 Å². The van der Waals surface area contributed by atoms with Gasteiger partial charge < -0.3 is 9.42 Å². The first-order chi connectivity index (χ1) is 11.8. The highest BCUT2D eigenvalue weighted by Crippen LogP contribution is 2.32. The molecule has 0 radical (unpaired) electrons. The molecule has 2 aromatic heterocycles. The molecule has 0 unspecified atom stereocenters. The van der Waals surface area contributed by atoms with Gasteiger partial charge in [-0.2, -0.15) is 5.26 Å². The third-order valence-corrected chi connectivity index (χ3v) is 4.40. The van der Waals surface area contributed by atoms with E-state index in [0.29, 0.717) is 22.9 Å². The third-order valence-electron chi connectivity index (χ3n) is 4.15. The first-order valence-electron chi connectivity index (χ1n) is 7.59. The molecule has 0 aliphatic carbocycles. The minimum atomic E-state index is 0.574. The van der Waals surface area contributed by atoms with Crippen molar-refractivity contribution in [2.75, 3.05) is 11.4 Å². The molecular weight excluding hydrogens is 324 g/mol. The molecule has 4 rings (SSSR count). The van der Waals surface area contributed by atoms with E-state index < -0.39 is 0 Å². The molecule has 0 amide bonds. The van der Waals surface area contributed by atoms with Crippen molar-refractivity contribution in [1.82, 2.24) is 10.1 Å². The van der Waals surface area contributed by atoms with E-state index in [9.17, 15) is 5.26 Å². The topological polar surface area (TPSA) is 66.0 Å². The number of nitrogens with zero attached hydrogens (tertiary/aromatic N) is 4. The van der Waals surface area contributed by atoms with Crippen LogP contribution in [0.2, 0.25) is 5.02 Å². The molecule has 24 heavy (non-hydrogen) atoms. The standard InChI is InChI=1S/C18H13ClN4O/c19-14-5-3-12(4-6-14)17-15-11-23(9-7-16(15)24-22-17)18-13(10-20)2-1-8-21-18/h1-6,8H,7,9,11H2. The Morgan fingerprint density at radius 3 is 2.83 bits per heavy atom. The van der Waals surface area contributed by atoms with Crippen LogP contribution in [0.15, 0.2) is 47.1 Å². The molecule has 118 valence electrons. The van der Waals surface area contributed by atoms with Crippen LogP contribution in [0.5, 0.6) is 0 Å². The predicted octanol–water partition coefficient (Wildman–Crippen LogP) is 3.82. The van der Waals surface area contributed by atoms with E-state index in [-0.39, 0.29) is 0 Å². The molecule has 1 aromatic carbocycles. The second kappa shape index (κ2) is 5.99. The Labute approximate surface area is 144 Å². The summed E-state index contributed by atoms with van der Waals surface area (Å²) in [4.78, 5) is 6.47. The molecule has 0 fully saturated rings. The Morgan fingerprint density at radius 1 is 1.21 bits per heavy atom. The molecule has 6 heteroatoms. The minimum Gasteiger partial charge on any atom is -0.360 e. The number of hydrogen-bond donors (Lipinski definition) is 0. The molecule has 0 bridgehead atoms. The molecule has 5 nitrogen and oxygen atoms in total. The first-order valence-corrected chi connectivity index (χ1v) is 7.97. The van der Waals surface area contributed by atoms with Gasteiger partial charge in [0, 0.05) is 35.3 Å². The monoisotopic (exact) mass is 336 g/mol. The summed E-state index contributed by atoms with van der Waals surface area (Å²) in [6.45, 7) is 1.36. The number of rotatable bonds is 2. The fourth-order valence-corrected chi connectivity index (χ4v) is 3.09. The van der Waals surface area contributed by atoms with E-state index in [1.54, 1.807) is 18.3 Å². The van der Waals surface area contributed by atoms with Gasteiger partial charge in [-0.1, -0.05) is 28.9 Å². The zero-order valence-corrected chi connectivity index (χ0v) is 13.5. The quantitative estimate of drug-likeness (QED) is 0.711. The molecular formula is C18H13ClN4O. The van der Waals surface area contributed by atoms with Crippen LogP contribution in [-0.2, 0) is 13.0 Å². The number of halogens is 1. The largest absolute Gasteiger partial charge is 0.360 e. The molecule has 0 saturated carbocycles. The third kappa shape index (κ3) is 2.51. The summed E-state index contributed by atoms with van der Waals surface area (Å²) in [5.74, 6) is 1.60. The fourth-order valence-electron chi connectivity index (χ4n) is 2.96. The summed E-state index contributed by atoms with van der Waals surface area (Å²) in [5.41, 5.74) is 3.40. The zero-order chi connectivity index (χ0) is 16.5. The summed E-state index contributed by atoms with van der Waals surface area (Å²) in [6, 6.07) is 13.3. The van der Waals surface area contributed by atoms with Crippen LogP contribution in [0.3, 0.4) is 0 Å². The van der Waals surface area contributed by atoms with E-state index in [1.165, 1.54) is 0 Å². The Bertz CT molecular complexity index is 927. The molecule has 3 aromatic rings. The predicted molar refractivity (Wildman–Crippen MR) is 90.7 cm³/mol. The van der Waals surface area contributed by atoms with Gasteiger partial charge in [0.05, 0.1) is 12.1 Å². The van der Waals surface area contributed by atoms with Gasteiger partial charge in [-0.15, -0.1) is 0 Å². The van der Waals surface area contributed by atoms with Gasteiger partial charge in [-0.3, -0.25) is 0 Å². The highest BCUT2D eigenvalue weighted by Gasteiger charge is 2.26. The summed E-state index contributed by atoms with van der Waals surface area (Å²) < 4.78 is 5.52. The number of aromatic nitrogens is 2. The van der Waals surface area contributed by atoms with E-state index >= 15 is 0 Å². The van der Waals surface area contributed by atoms with Crippen LogP contribution < -0.4 is 4.90 Å². The van der Waals surface area contributed by atoms with Crippen molar-refractivity contribution in [1.29, 1.82) is 5.26 Å². The molecule has 0 atom stereocenters. The van der Waals surface area contributed by atoms with Crippen LogP contribution >= 0.6 is 11.6 Å². The molecule has 1 aliphatic heterocycles. The fraction of sp³-hybridized carbons (Fsp3) is 0.167. The van der Waals surface area contributed by atoms with Crippen molar-refractivity contribution in [2.45, 2.75) is 13.0 Å². The van der Waals surface area contributed by atoms with Crippen LogP contribution in [0, 0.1) is 11.3 Å². The lowest BCUT2D eigenvalue weighted by atomic mass is 10.0. The summed E-state index contributed by atoms with van der Waals surface area (Å²) >= 11 is 5.96. The van der Waals surface area contributed by atoms with Gasteiger partial charge in [0.25, 0.3) is 0 Å². The maximum Gasteiger partial charge on any atom is 0.146 e. The van der Waals surface area contributed by atoms with Crippen LogP contribution in [0.1, 0.15) is 16.9 Å². The second-order valence-electron chi connectivity index (χ2n) is 5.60. The van der Waals surface area contributed by atoms with E-state index in [1.807, 2.05) is 24.3 Å². The SMILES string of the molecule is N#Cc1cccnc1N1CCc2onc(-c3ccc(Cl)cc3)c2C1. The van der Waals surface area contributed by atoms with Crippen molar-refractivity contribution in [3.05, 3.63) is 64.5 Å². The number of fused-ring (bicyclic) bond motifs is 1. The maximum absolute atomic E-state index is 9.30. The maximum atomic E-state index is 9.30. The van der Waals surface area contributed by atoms with Gasteiger partial charge in [0.2, 0.25) is 0 Å². The smallest absolute Gasteiger partial charge is 0.146 e. The van der Waals surface area contributed by atoms with Gasteiger partial charge in [-0.25, -0.2) is 4.98 Å². The normalized spacial score (nSPS) is 13.4. The lowest BCUT2D eigenvalue weighted by Gasteiger charge is -2.27. The average Bonchev–Trinajstić information content (AvgIpc) is 3.05. The summed E-state index contributed by atoms with van der Waals surface area (Å²) in [7, 11) is 0. The Kier molecular flexibility index (Phi) is 3.68. The van der Waals surface area contributed by atoms with Crippen molar-refractivity contribution in [3.8, 4) is 17.3 Å². The first kappa shape index (κ1) is 14.7. The van der Waals surface area contributed by atoms with E-state index in [0.717, 1.165) is 35.5 Å². The van der Waals surface area contributed by atoms with Crippen LogP contribution in [0.25, 0.3) is 11.3 Å². The number of pyridine rings is 1. The highest BCUT2D eigenvalue weighted by atomic mass is 35.5. The molecule has 1 aliphatic rings. The molecule has 3 heterocycles. The lowest BCUT2D eigenvalue weighted by molar-refractivity contribution is 0.379. The Morgan fingerprint density at radius 2 is 2.04 bits per heavy atom. The van der Waals surface area contributed by atoms with Crippen molar-refractivity contribution < 1.29 is 4.52 Å². The Balaban J connectivity index is 1.71. The van der Waals surface area contributed by atoms with Gasteiger partial charge in [0.1, 0.15) is 23.3 Å². The number of benzene rings is 1. The number of nitriles is 1. The second-order valence-corrected chi connectivity index (χ2v) is 6.03. The van der Waals surface area contributed by atoms with Crippen LogP contribution in [-0.4, -0.2) is 16.7 Å². The van der Waals surface area contributed by atoms with Gasteiger partial charge >= 0.3 is 0 Å². The Hall–Kier alpha value is -2.84. The van der Waals surface area contributed by atoms with Crippen molar-refractivity contribution in [2.24, 2.45) is 0 Å². The lowest BCUT2D eigenvalue weighted by Crippen LogP contribution is -2.31. The van der Waals surface area contributed by atoms with Crippen molar-refractivity contribution in [3.63, 3.8) is 0 Å². The minimum absolute atomic E-state index is 0.574. The van der Waals surface area contributed by atoms with Gasteiger partial charge in [0.15, 0.2) is 0 Å². The molecule has 0 spiro atoms. The molecule has 0 N–H and O–H groups in total. The zero-order valence-electron chi connectivity index (χ0n) is 12.7. The van der Waals surface area contributed by atoms with Gasteiger partial charge in [-0.05, 0) is 24.3 Å². The average molecular weight is 337 g/mol. The summed E-state index contributed by atoms with van der Waals surface area (Å²) in [5, 5.41) is 14.2. The number of anilines is 1. The highest BCUT2D eigenvalue weighted by molar-refractivity contribution is 6.30. The number of hydrogen-bond acceptors (Lipinski definition) is 5. The summed E-state index contributed by atoms with van der Waals surface area (Å²) in [6.07, 6.45) is 2.44. The van der Waals surface area contributed by atoms with Crippen molar-refractivity contribution >= 4 is 17.4 Å². The molecule has 0 saturated heterocycles. The van der Waals surface area contributed by atoms with E-state index in [4.69, 9.17) is 16.1 Å². The van der Waals surface area contributed by atoms with E-state index in [2.05, 4.69) is 21.1 Å².